The molecule has 2 aliphatic rings. The maximum Gasteiger partial charge on any atom is 0.405 e. The highest BCUT2D eigenvalue weighted by molar-refractivity contribution is 6.01. The Bertz CT molecular complexity index is 692. The Labute approximate surface area is 137 Å². The summed E-state index contributed by atoms with van der Waals surface area (Å²) in [5.41, 5.74) is 1.63. The summed E-state index contributed by atoms with van der Waals surface area (Å²) in [5, 5.41) is 13.3. The molecule has 7 nitrogen and oxygen atoms in total. The van der Waals surface area contributed by atoms with E-state index < -0.39 is 23.7 Å². The molecule has 1 aromatic carbocycles. The maximum absolute atomic E-state index is 14.6. The third kappa shape index (κ3) is 3.04. The Morgan fingerprint density at radius 3 is 2.67 bits per heavy atom. The van der Waals surface area contributed by atoms with Gasteiger partial charge < -0.3 is 15.3 Å². The number of aryl methyl sites for hydroxylation is 1. The number of carbonyl (C=O) groups excluding carboxylic acids is 2. The summed E-state index contributed by atoms with van der Waals surface area (Å²) in [6, 6.07) is 2.99. The van der Waals surface area contributed by atoms with Crippen LogP contribution in [-0.2, 0) is 9.59 Å². The van der Waals surface area contributed by atoms with Crippen LogP contribution < -0.4 is 15.5 Å². The van der Waals surface area contributed by atoms with Gasteiger partial charge in [0.1, 0.15) is 5.82 Å². The average Bonchev–Trinajstić information content (AvgIpc) is 2.43. The Balaban J connectivity index is 1.76. The average molecular weight is 335 g/mol. The van der Waals surface area contributed by atoms with E-state index in [9.17, 15) is 18.8 Å². The van der Waals surface area contributed by atoms with E-state index in [4.69, 9.17) is 5.11 Å². The Morgan fingerprint density at radius 2 is 2.08 bits per heavy atom. The second-order valence-electron chi connectivity index (χ2n) is 6.21. The molecule has 1 aromatic rings. The molecule has 3 N–H and O–H groups in total. The standard InChI is InChI=1S/C16H18FN3O4/c1-8-4-10(20-6-9(7-20)18-16(23)24)5-12(17)14(8)11-2-3-13(21)19-15(11)22/h4-5,9,11,18H,2-3,6-7H2,1H3,(H,23,24)(H,19,21,22). The minimum absolute atomic E-state index is 0.166. The smallest absolute Gasteiger partial charge is 0.405 e. The van der Waals surface area contributed by atoms with Gasteiger partial charge >= 0.3 is 6.09 Å². The van der Waals surface area contributed by atoms with Crippen LogP contribution in [0.15, 0.2) is 12.1 Å². The first-order valence-corrected chi connectivity index (χ1v) is 7.73. The monoisotopic (exact) mass is 335 g/mol. The molecule has 0 aliphatic carbocycles. The van der Waals surface area contributed by atoms with E-state index >= 15 is 0 Å². The molecule has 128 valence electrons. The zero-order valence-corrected chi connectivity index (χ0v) is 13.1. The van der Waals surface area contributed by atoms with Gasteiger partial charge in [-0.05, 0) is 31.0 Å². The lowest BCUT2D eigenvalue weighted by Crippen LogP contribution is -2.59. The quantitative estimate of drug-likeness (QED) is 0.719. The van der Waals surface area contributed by atoms with Gasteiger partial charge in [0.2, 0.25) is 11.8 Å². The molecule has 1 unspecified atom stereocenters. The number of nitrogens with zero attached hydrogens (tertiary/aromatic N) is 1. The van der Waals surface area contributed by atoms with Crippen molar-refractivity contribution in [2.24, 2.45) is 0 Å². The predicted octanol–water partition coefficient (Wildman–Crippen LogP) is 1.11. The molecule has 2 heterocycles. The summed E-state index contributed by atoms with van der Waals surface area (Å²) in [7, 11) is 0. The summed E-state index contributed by atoms with van der Waals surface area (Å²) in [5.74, 6) is -1.93. The number of hydrogen-bond donors (Lipinski definition) is 3. The maximum atomic E-state index is 14.6. The molecule has 1 atom stereocenters. The van der Waals surface area contributed by atoms with E-state index in [0.717, 1.165) is 0 Å². The number of carbonyl (C=O) groups is 3. The number of benzene rings is 1. The molecule has 0 spiro atoms. The van der Waals surface area contributed by atoms with Crippen LogP contribution in [0, 0.1) is 12.7 Å². The third-order valence-electron chi connectivity index (χ3n) is 4.48. The summed E-state index contributed by atoms with van der Waals surface area (Å²) >= 11 is 0. The fourth-order valence-electron chi connectivity index (χ4n) is 3.29. The van der Waals surface area contributed by atoms with Crippen LogP contribution in [0.1, 0.15) is 29.9 Å². The lowest BCUT2D eigenvalue weighted by Gasteiger charge is -2.41. The third-order valence-corrected chi connectivity index (χ3v) is 4.48. The van der Waals surface area contributed by atoms with Crippen molar-refractivity contribution < 1.29 is 23.9 Å². The first-order valence-electron chi connectivity index (χ1n) is 7.73. The largest absolute Gasteiger partial charge is 0.465 e. The molecular formula is C16H18FN3O4. The Hall–Kier alpha value is -2.64. The molecule has 3 rings (SSSR count). The number of nitrogens with one attached hydrogen (secondary N) is 2. The lowest BCUT2D eigenvalue weighted by atomic mass is 9.87. The number of amides is 3. The molecule has 3 amide bonds. The summed E-state index contributed by atoms with van der Waals surface area (Å²) in [6.45, 7) is 2.68. The van der Waals surface area contributed by atoms with E-state index in [1.165, 1.54) is 6.07 Å². The fourth-order valence-corrected chi connectivity index (χ4v) is 3.29. The number of hydrogen-bond acceptors (Lipinski definition) is 4. The first-order chi connectivity index (χ1) is 11.3. The summed E-state index contributed by atoms with van der Waals surface area (Å²) in [4.78, 5) is 35.6. The highest BCUT2D eigenvalue weighted by atomic mass is 19.1. The molecule has 24 heavy (non-hydrogen) atoms. The molecule has 2 fully saturated rings. The van der Waals surface area contributed by atoms with Gasteiger partial charge in [0.15, 0.2) is 0 Å². The molecule has 2 saturated heterocycles. The van der Waals surface area contributed by atoms with E-state index in [2.05, 4.69) is 10.6 Å². The normalized spacial score (nSPS) is 21.2. The molecule has 8 heteroatoms. The van der Waals surface area contributed by atoms with Crippen LogP contribution in [0.5, 0.6) is 0 Å². The highest BCUT2D eigenvalue weighted by Crippen LogP contribution is 2.33. The second kappa shape index (κ2) is 6.10. The SMILES string of the molecule is Cc1cc(N2CC(NC(=O)O)C2)cc(F)c1C1CCC(=O)NC1=O. The van der Waals surface area contributed by atoms with Gasteiger partial charge in [-0.15, -0.1) is 0 Å². The molecule has 2 aliphatic heterocycles. The Kier molecular flexibility index (Phi) is 4.13. The van der Waals surface area contributed by atoms with Crippen molar-refractivity contribution >= 4 is 23.6 Å². The fraction of sp³-hybridized carbons (Fsp3) is 0.438. The predicted molar refractivity (Wildman–Crippen MR) is 83.4 cm³/mol. The van der Waals surface area contributed by atoms with Gasteiger partial charge in [0, 0.05) is 30.8 Å². The molecular weight excluding hydrogens is 317 g/mol. The van der Waals surface area contributed by atoms with Gasteiger partial charge in [0.05, 0.1) is 12.0 Å². The van der Waals surface area contributed by atoms with E-state index in [1.807, 2.05) is 4.90 Å². The van der Waals surface area contributed by atoms with Crippen LogP contribution in [0.2, 0.25) is 0 Å². The van der Waals surface area contributed by atoms with Crippen LogP contribution in [0.3, 0.4) is 0 Å². The van der Waals surface area contributed by atoms with Crippen LogP contribution in [-0.4, -0.2) is 42.1 Å². The van der Waals surface area contributed by atoms with Gasteiger partial charge in [0.25, 0.3) is 0 Å². The van der Waals surface area contributed by atoms with Crippen LogP contribution in [0.25, 0.3) is 0 Å². The number of imide groups is 1. The van der Waals surface area contributed by atoms with Crippen molar-refractivity contribution in [2.75, 3.05) is 18.0 Å². The van der Waals surface area contributed by atoms with Crippen molar-refractivity contribution in [1.29, 1.82) is 0 Å². The number of piperidine rings is 1. The summed E-state index contributed by atoms with van der Waals surface area (Å²) < 4.78 is 14.6. The van der Waals surface area contributed by atoms with Crippen molar-refractivity contribution in [3.05, 3.63) is 29.1 Å². The second-order valence-corrected chi connectivity index (χ2v) is 6.21. The van der Waals surface area contributed by atoms with Crippen LogP contribution >= 0.6 is 0 Å². The molecule has 0 aromatic heterocycles. The number of carboxylic acid groups (broad SMARTS) is 1. The highest BCUT2D eigenvalue weighted by Gasteiger charge is 2.33. The lowest BCUT2D eigenvalue weighted by molar-refractivity contribution is -0.134. The Morgan fingerprint density at radius 1 is 1.38 bits per heavy atom. The number of rotatable bonds is 3. The van der Waals surface area contributed by atoms with Gasteiger partial charge in [-0.3, -0.25) is 14.9 Å². The zero-order chi connectivity index (χ0) is 17.4. The van der Waals surface area contributed by atoms with Gasteiger partial charge in [-0.2, -0.15) is 0 Å². The van der Waals surface area contributed by atoms with Crippen molar-refractivity contribution in [3.8, 4) is 0 Å². The topological polar surface area (TPSA) is 98.7 Å². The minimum Gasteiger partial charge on any atom is -0.465 e. The van der Waals surface area contributed by atoms with Crippen LogP contribution in [0.4, 0.5) is 14.9 Å². The van der Waals surface area contributed by atoms with Gasteiger partial charge in [-0.1, -0.05) is 0 Å². The van der Waals surface area contributed by atoms with E-state index in [0.29, 0.717) is 36.3 Å². The van der Waals surface area contributed by atoms with Gasteiger partial charge in [-0.25, -0.2) is 9.18 Å². The number of anilines is 1. The van der Waals surface area contributed by atoms with Crippen molar-refractivity contribution in [1.82, 2.24) is 10.6 Å². The molecule has 0 radical (unpaired) electrons. The number of halogens is 1. The molecule has 0 bridgehead atoms. The summed E-state index contributed by atoms with van der Waals surface area (Å²) in [6.07, 6.45) is -0.572. The zero-order valence-electron chi connectivity index (χ0n) is 13.1. The van der Waals surface area contributed by atoms with E-state index in [-0.39, 0.29) is 18.4 Å². The minimum atomic E-state index is -1.07. The van der Waals surface area contributed by atoms with Crippen molar-refractivity contribution in [2.45, 2.75) is 31.7 Å². The first kappa shape index (κ1) is 16.2. The van der Waals surface area contributed by atoms with Crippen molar-refractivity contribution in [3.63, 3.8) is 0 Å². The van der Waals surface area contributed by atoms with E-state index in [1.54, 1.807) is 13.0 Å². The molecule has 0 saturated carbocycles.